The van der Waals surface area contributed by atoms with Crippen molar-refractivity contribution in [2.24, 2.45) is 0 Å². The normalized spacial score (nSPS) is 26.3. The molecule has 12 heteroatoms. The van der Waals surface area contributed by atoms with Gasteiger partial charge in [-0.3, -0.25) is 10.0 Å². The zero-order valence-electron chi connectivity index (χ0n) is 12.1. The van der Waals surface area contributed by atoms with Crippen LogP contribution >= 0.6 is 12.4 Å². The summed E-state index contributed by atoms with van der Waals surface area (Å²) in [4.78, 5) is 19.6. The lowest BCUT2D eigenvalue weighted by atomic mass is 10.1. The number of hydrogen-bond acceptors (Lipinski definition) is 9. The molecule has 4 unspecified atom stereocenters. The van der Waals surface area contributed by atoms with Crippen LogP contribution in [0.4, 0.5) is 5.82 Å². The highest BCUT2D eigenvalue weighted by molar-refractivity contribution is 6.09. The summed E-state index contributed by atoms with van der Waals surface area (Å²) < 4.78 is 6.71. The third kappa shape index (κ3) is 2.66. The molecule has 3 rings (SSSR count). The van der Waals surface area contributed by atoms with Gasteiger partial charge in [-0.2, -0.15) is 0 Å². The number of ether oxygens (including phenoxy) is 1. The first kappa shape index (κ1) is 18.3. The number of aliphatic hydroxyl groups excluding tert-OH is 3. The molecule has 1 amide bonds. The number of fused-ring (bicyclic) bond motifs is 1. The number of amides is 1. The molecule has 0 radical (unpaired) electrons. The third-order valence-corrected chi connectivity index (χ3v) is 3.78. The molecule has 132 valence electrons. The van der Waals surface area contributed by atoms with Gasteiger partial charge in [0, 0.05) is 6.20 Å². The first-order valence-electron chi connectivity index (χ1n) is 6.67. The van der Waals surface area contributed by atoms with E-state index >= 15 is 0 Å². The van der Waals surface area contributed by atoms with E-state index in [4.69, 9.17) is 20.8 Å². The maximum atomic E-state index is 11.8. The second-order valence-corrected chi connectivity index (χ2v) is 5.08. The number of halogens is 1. The predicted octanol–water partition coefficient (Wildman–Crippen LogP) is -1.83. The number of nitrogens with zero attached hydrogens (tertiary/aromatic N) is 3. The molecule has 1 fully saturated rings. The first-order chi connectivity index (χ1) is 11.0. The monoisotopic (exact) mass is 361 g/mol. The Bertz CT molecular complexity index is 755. The van der Waals surface area contributed by atoms with Crippen molar-refractivity contribution in [1.29, 1.82) is 0 Å². The van der Waals surface area contributed by atoms with E-state index in [0.717, 1.165) is 6.33 Å². The van der Waals surface area contributed by atoms with Crippen molar-refractivity contribution in [2.45, 2.75) is 24.5 Å². The Morgan fingerprint density at radius 1 is 1.38 bits per heavy atom. The molecule has 2 aromatic rings. The minimum atomic E-state index is -1.36. The van der Waals surface area contributed by atoms with Gasteiger partial charge in [-0.15, -0.1) is 12.4 Å². The number of carbonyl (C=O) groups is 1. The minimum Gasteiger partial charge on any atom is -0.394 e. The highest BCUT2D eigenvalue weighted by Gasteiger charge is 2.44. The molecule has 2 aromatic heterocycles. The summed E-state index contributed by atoms with van der Waals surface area (Å²) >= 11 is 0. The van der Waals surface area contributed by atoms with Gasteiger partial charge in [-0.1, -0.05) is 0 Å². The first-order valence-corrected chi connectivity index (χ1v) is 6.67. The number of hydroxylamine groups is 1. The van der Waals surface area contributed by atoms with Crippen LogP contribution in [0.3, 0.4) is 0 Å². The van der Waals surface area contributed by atoms with Crippen LogP contribution in [0.2, 0.25) is 0 Å². The Hall–Kier alpha value is -2.02. The fourth-order valence-corrected chi connectivity index (χ4v) is 2.64. The average molecular weight is 362 g/mol. The molecule has 0 spiro atoms. The van der Waals surface area contributed by atoms with Crippen LogP contribution in [0, 0.1) is 0 Å². The van der Waals surface area contributed by atoms with Gasteiger partial charge in [0.1, 0.15) is 36.1 Å². The Labute approximate surface area is 141 Å². The van der Waals surface area contributed by atoms with E-state index in [1.165, 1.54) is 16.2 Å². The van der Waals surface area contributed by atoms with E-state index in [1.54, 1.807) is 0 Å². The number of anilines is 1. The van der Waals surface area contributed by atoms with Crippen LogP contribution in [0.15, 0.2) is 12.5 Å². The number of aliphatic hydroxyl groups is 3. The summed E-state index contributed by atoms with van der Waals surface area (Å²) in [6.45, 7) is -0.491. The fraction of sp³-hybridized carbons (Fsp3) is 0.417. The van der Waals surface area contributed by atoms with Crippen molar-refractivity contribution in [3.05, 3.63) is 18.1 Å². The van der Waals surface area contributed by atoms with Crippen LogP contribution in [0.1, 0.15) is 16.6 Å². The topological polar surface area (TPSA) is 176 Å². The van der Waals surface area contributed by atoms with Crippen molar-refractivity contribution >= 4 is 35.2 Å². The van der Waals surface area contributed by atoms with E-state index in [0.29, 0.717) is 0 Å². The van der Waals surface area contributed by atoms with E-state index in [2.05, 4.69) is 9.97 Å². The summed E-state index contributed by atoms with van der Waals surface area (Å²) in [5, 5.41) is 38.1. The number of nitrogens with one attached hydrogen (secondary N) is 1. The van der Waals surface area contributed by atoms with Gasteiger partial charge in [-0.05, 0) is 0 Å². The van der Waals surface area contributed by atoms with Crippen molar-refractivity contribution < 1.29 is 30.1 Å². The quantitative estimate of drug-likeness (QED) is 0.271. The van der Waals surface area contributed by atoms with E-state index in [-0.39, 0.29) is 34.8 Å². The highest BCUT2D eigenvalue weighted by Crippen LogP contribution is 2.34. The molecule has 11 nitrogen and oxygen atoms in total. The van der Waals surface area contributed by atoms with E-state index < -0.39 is 37.1 Å². The van der Waals surface area contributed by atoms with Crippen LogP contribution < -0.4 is 11.2 Å². The van der Waals surface area contributed by atoms with E-state index in [1.807, 2.05) is 0 Å². The summed E-state index contributed by atoms with van der Waals surface area (Å²) in [5.74, 6) is -0.846. The molecule has 0 saturated carbocycles. The third-order valence-electron chi connectivity index (χ3n) is 3.78. The molecule has 1 saturated heterocycles. The second kappa shape index (κ2) is 6.84. The maximum absolute atomic E-state index is 11.8. The Balaban J connectivity index is 0.00000208. The molecule has 24 heavy (non-hydrogen) atoms. The number of carbonyl (C=O) groups excluding carboxylic acids is 1. The van der Waals surface area contributed by atoms with Gasteiger partial charge >= 0.3 is 0 Å². The molecule has 0 aromatic carbocycles. The maximum Gasteiger partial charge on any atom is 0.277 e. The van der Waals surface area contributed by atoms with Crippen molar-refractivity contribution in [3.63, 3.8) is 0 Å². The lowest BCUT2D eigenvalue weighted by molar-refractivity contribution is -0.0509. The van der Waals surface area contributed by atoms with Crippen molar-refractivity contribution in [1.82, 2.24) is 20.0 Å². The molecule has 3 heterocycles. The number of nitrogen functional groups attached to an aromatic ring is 1. The second-order valence-electron chi connectivity index (χ2n) is 5.08. The van der Waals surface area contributed by atoms with Gasteiger partial charge < -0.3 is 30.4 Å². The number of rotatable bonds is 3. The average Bonchev–Trinajstić information content (AvgIpc) is 3.07. The summed E-state index contributed by atoms with van der Waals surface area (Å²) in [6.07, 6.45) is -2.32. The lowest BCUT2D eigenvalue weighted by Crippen LogP contribution is -2.33. The van der Waals surface area contributed by atoms with Crippen molar-refractivity contribution in [2.75, 3.05) is 12.3 Å². The van der Waals surface area contributed by atoms with Crippen LogP contribution in [0.25, 0.3) is 11.0 Å². The summed E-state index contributed by atoms with van der Waals surface area (Å²) in [5.41, 5.74) is 7.39. The number of nitrogens with two attached hydrogens (primary N) is 1. The van der Waals surface area contributed by atoms with E-state index in [9.17, 15) is 15.0 Å². The zero-order chi connectivity index (χ0) is 16.7. The fourth-order valence-electron chi connectivity index (χ4n) is 2.64. The molecule has 1 aliphatic rings. The standard InChI is InChI=1S/C12H15N5O6.ClH/c13-9-6-4(11(21)16-22)1-17(10(6)15-3-14-9)12-8(20)7(19)5(2-18)23-12;/h1,3,5,7-8,12,18-20,22H,2H2,(H,16,21)(H2,13,14,15);1H. The van der Waals surface area contributed by atoms with Gasteiger partial charge in [0.05, 0.1) is 17.6 Å². The molecule has 0 aliphatic carbocycles. The summed E-state index contributed by atoms with van der Waals surface area (Å²) in [7, 11) is 0. The molecular weight excluding hydrogens is 346 g/mol. The number of aromatic nitrogens is 3. The van der Waals surface area contributed by atoms with Gasteiger partial charge in [0.2, 0.25) is 0 Å². The van der Waals surface area contributed by atoms with Crippen LogP contribution in [-0.2, 0) is 4.74 Å². The molecule has 7 N–H and O–H groups in total. The van der Waals surface area contributed by atoms with Gasteiger partial charge in [-0.25, -0.2) is 15.4 Å². The highest BCUT2D eigenvalue weighted by atomic mass is 35.5. The van der Waals surface area contributed by atoms with Gasteiger partial charge in [0.25, 0.3) is 5.91 Å². The summed E-state index contributed by atoms with van der Waals surface area (Å²) in [6, 6.07) is 0. The predicted molar refractivity (Wildman–Crippen MR) is 81.5 cm³/mol. The SMILES string of the molecule is Cl.Nc1ncnc2c1c(C(=O)NO)cn2C1OC(CO)C(O)C1O. The van der Waals surface area contributed by atoms with Crippen molar-refractivity contribution in [3.8, 4) is 0 Å². The molecule has 4 atom stereocenters. The Morgan fingerprint density at radius 2 is 2.08 bits per heavy atom. The van der Waals surface area contributed by atoms with Gasteiger partial charge in [0.15, 0.2) is 6.23 Å². The Kier molecular flexibility index (Phi) is 5.22. The van der Waals surface area contributed by atoms with Crippen LogP contribution in [-0.4, -0.2) is 65.9 Å². The lowest BCUT2D eigenvalue weighted by Gasteiger charge is -2.17. The zero-order valence-corrected chi connectivity index (χ0v) is 12.9. The molecule has 1 aliphatic heterocycles. The Morgan fingerprint density at radius 3 is 2.67 bits per heavy atom. The smallest absolute Gasteiger partial charge is 0.277 e. The number of hydrogen-bond donors (Lipinski definition) is 6. The molecule has 0 bridgehead atoms. The van der Waals surface area contributed by atoms with Crippen LogP contribution in [0.5, 0.6) is 0 Å². The molecular formula is C12H16ClN5O6. The minimum absolute atomic E-state index is 0. The largest absolute Gasteiger partial charge is 0.394 e.